The van der Waals surface area contributed by atoms with Gasteiger partial charge in [0.2, 0.25) is 5.91 Å². The van der Waals surface area contributed by atoms with E-state index in [4.69, 9.17) is 11.0 Å². The van der Waals surface area contributed by atoms with Gasteiger partial charge < -0.3 is 15.2 Å². The molecule has 1 aromatic heterocycles. The molecule has 0 aliphatic carbocycles. The van der Waals surface area contributed by atoms with Crippen molar-refractivity contribution in [2.24, 2.45) is 12.8 Å². The second kappa shape index (κ2) is 10.8. The van der Waals surface area contributed by atoms with E-state index in [0.29, 0.717) is 31.5 Å². The first-order valence-electron chi connectivity index (χ1n) is 11.5. The maximum atomic E-state index is 14.9. The lowest BCUT2D eigenvalue weighted by molar-refractivity contribution is 0.100. The average molecular weight is 486 g/mol. The summed E-state index contributed by atoms with van der Waals surface area (Å²) in [5.41, 5.74) is 9.33. The highest BCUT2D eigenvalue weighted by molar-refractivity contribution is 5.99. The molecule has 182 valence electrons. The zero-order valence-corrected chi connectivity index (χ0v) is 19.8. The Bertz CT molecular complexity index is 1420. The summed E-state index contributed by atoms with van der Waals surface area (Å²) >= 11 is 0. The van der Waals surface area contributed by atoms with E-state index in [9.17, 15) is 13.6 Å². The molecule has 0 spiro atoms. The van der Waals surface area contributed by atoms with E-state index in [1.165, 1.54) is 12.1 Å². The molecule has 0 saturated carbocycles. The van der Waals surface area contributed by atoms with Gasteiger partial charge >= 0.3 is 0 Å². The van der Waals surface area contributed by atoms with E-state index in [-0.39, 0.29) is 11.3 Å². The molecule has 0 radical (unpaired) electrons. The molecule has 6 nitrogen and oxygen atoms in total. The third kappa shape index (κ3) is 5.26. The maximum Gasteiger partial charge on any atom is 0.249 e. The molecule has 0 atom stereocenters. The number of aryl methyl sites for hydroxylation is 2. The molecular formula is C28H25F2N5O. The number of carbonyl (C=O) groups is 1. The highest BCUT2D eigenvalue weighted by Gasteiger charge is 2.19. The van der Waals surface area contributed by atoms with Gasteiger partial charge in [0.05, 0.1) is 29.8 Å². The Kier molecular flexibility index (Phi) is 7.40. The summed E-state index contributed by atoms with van der Waals surface area (Å²) in [6, 6.07) is 19.5. The average Bonchev–Trinajstić information content (AvgIpc) is 3.29. The molecule has 4 aromatic rings. The Morgan fingerprint density at radius 3 is 2.50 bits per heavy atom. The van der Waals surface area contributed by atoms with E-state index in [1.54, 1.807) is 35.6 Å². The summed E-state index contributed by atoms with van der Waals surface area (Å²) in [7, 11) is 1.84. The first-order valence-corrected chi connectivity index (χ1v) is 11.5. The van der Waals surface area contributed by atoms with Crippen LogP contribution in [0.25, 0.3) is 11.1 Å². The fourth-order valence-electron chi connectivity index (χ4n) is 4.16. The van der Waals surface area contributed by atoms with Crippen LogP contribution in [0.5, 0.6) is 0 Å². The summed E-state index contributed by atoms with van der Waals surface area (Å²) in [6.45, 7) is 0.793. The third-order valence-electron chi connectivity index (χ3n) is 6.14. The van der Waals surface area contributed by atoms with Gasteiger partial charge in [-0.2, -0.15) is 5.26 Å². The number of hydrogen-bond donors (Lipinski definition) is 1. The summed E-state index contributed by atoms with van der Waals surface area (Å²) < 4.78 is 31.0. The lowest BCUT2D eigenvalue weighted by atomic mass is 9.97. The van der Waals surface area contributed by atoms with Gasteiger partial charge in [-0.1, -0.05) is 42.5 Å². The van der Waals surface area contributed by atoms with Crippen molar-refractivity contribution < 1.29 is 13.6 Å². The normalized spacial score (nSPS) is 10.7. The fraction of sp³-hybridized carbons (Fsp3) is 0.179. The van der Waals surface area contributed by atoms with Gasteiger partial charge in [-0.3, -0.25) is 4.79 Å². The van der Waals surface area contributed by atoms with E-state index in [1.807, 2.05) is 48.0 Å². The molecule has 0 aliphatic heterocycles. The number of carbonyl (C=O) groups excluding carboxylic acids is 1. The van der Waals surface area contributed by atoms with Crippen LogP contribution in [0.15, 0.2) is 73.2 Å². The molecule has 2 N–H and O–H groups in total. The molecule has 1 heterocycles. The van der Waals surface area contributed by atoms with E-state index in [2.05, 4.69) is 4.98 Å². The predicted molar refractivity (Wildman–Crippen MR) is 134 cm³/mol. The number of benzene rings is 3. The molecule has 0 bridgehead atoms. The van der Waals surface area contributed by atoms with Crippen molar-refractivity contribution in [2.45, 2.75) is 19.4 Å². The van der Waals surface area contributed by atoms with Crippen molar-refractivity contribution in [3.63, 3.8) is 0 Å². The Morgan fingerprint density at radius 2 is 1.83 bits per heavy atom. The molecule has 0 saturated heterocycles. The van der Waals surface area contributed by atoms with Gasteiger partial charge in [-0.05, 0) is 47.7 Å². The van der Waals surface area contributed by atoms with E-state index >= 15 is 0 Å². The number of hydrogen-bond acceptors (Lipinski definition) is 4. The van der Waals surface area contributed by atoms with Crippen LogP contribution in [0.4, 0.5) is 14.5 Å². The topological polar surface area (TPSA) is 87.9 Å². The largest absolute Gasteiger partial charge is 0.366 e. The summed E-state index contributed by atoms with van der Waals surface area (Å²) in [5.74, 6) is -2.65. The number of halogens is 2. The smallest absolute Gasteiger partial charge is 0.249 e. The van der Waals surface area contributed by atoms with Crippen LogP contribution in [0.1, 0.15) is 33.6 Å². The minimum absolute atomic E-state index is 0.103. The molecule has 0 fully saturated rings. The third-order valence-corrected chi connectivity index (χ3v) is 6.14. The summed E-state index contributed by atoms with van der Waals surface area (Å²) in [6.07, 6.45) is 4.73. The number of imidazole rings is 1. The number of rotatable bonds is 9. The molecule has 0 aliphatic rings. The number of aromatic nitrogens is 2. The molecule has 0 unspecified atom stereocenters. The van der Waals surface area contributed by atoms with E-state index in [0.717, 1.165) is 22.4 Å². The monoisotopic (exact) mass is 485 g/mol. The SMILES string of the molecule is Cn1cncc1CN(CCCc1ccc(-c2ccccc2C(N)=O)cc1)c1ccc(C#N)c(F)c1F. The Balaban J connectivity index is 1.50. The van der Waals surface area contributed by atoms with Crippen LogP contribution in [0, 0.1) is 23.0 Å². The quantitative estimate of drug-likeness (QED) is 0.362. The predicted octanol–water partition coefficient (Wildman–Crippen LogP) is 4.98. The Labute approximate surface area is 208 Å². The minimum atomic E-state index is -1.14. The van der Waals surface area contributed by atoms with Gasteiger partial charge in [-0.25, -0.2) is 13.8 Å². The Hall–Kier alpha value is -4.51. The van der Waals surface area contributed by atoms with Gasteiger partial charge in [0.25, 0.3) is 0 Å². The molecule has 3 aromatic carbocycles. The number of nitrogens with two attached hydrogens (primary N) is 1. The summed E-state index contributed by atoms with van der Waals surface area (Å²) in [5, 5.41) is 9.01. The second-order valence-electron chi connectivity index (χ2n) is 8.50. The van der Waals surface area contributed by atoms with Gasteiger partial charge in [0, 0.05) is 25.4 Å². The second-order valence-corrected chi connectivity index (χ2v) is 8.50. The van der Waals surface area contributed by atoms with Crippen molar-refractivity contribution in [3.8, 4) is 17.2 Å². The molecule has 36 heavy (non-hydrogen) atoms. The van der Waals surface area contributed by atoms with Crippen molar-refractivity contribution in [3.05, 3.63) is 107 Å². The van der Waals surface area contributed by atoms with Crippen LogP contribution in [-0.2, 0) is 20.0 Å². The van der Waals surface area contributed by atoms with Crippen molar-refractivity contribution in [1.29, 1.82) is 5.26 Å². The number of primary amides is 1. The number of nitriles is 1. The van der Waals surface area contributed by atoms with Crippen molar-refractivity contribution in [2.75, 3.05) is 11.4 Å². The van der Waals surface area contributed by atoms with Gasteiger partial charge in [-0.15, -0.1) is 0 Å². The summed E-state index contributed by atoms with van der Waals surface area (Å²) in [4.78, 5) is 17.6. The number of anilines is 1. The zero-order valence-electron chi connectivity index (χ0n) is 19.8. The lowest BCUT2D eigenvalue weighted by Crippen LogP contribution is -2.27. The van der Waals surface area contributed by atoms with Crippen LogP contribution in [-0.4, -0.2) is 22.0 Å². The zero-order chi connectivity index (χ0) is 25.7. The fourth-order valence-corrected chi connectivity index (χ4v) is 4.16. The molecule has 1 amide bonds. The highest BCUT2D eigenvalue weighted by Crippen LogP contribution is 2.27. The van der Waals surface area contributed by atoms with E-state index < -0.39 is 17.5 Å². The first kappa shape index (κ1) is 24.6. The standard InChI is InChI=1S/C28H25F2N5O/c1-34-18-33-16-22(34)17-35(25-13-12-21(15-31)26(29)27(25)30)14-4-5-19-8-10-20(11-9-19)23-6-2-3-7-24(23)28(32)36/h2-3,6-13,16,18H,4-5,14,17H2,1H3,(H2,32,36). The first-order chi connectivity index (χ1) is 17.4. The lowest BCUT2D eigenvalue weighted by Gasteiger charge is -2.26. The molecule has 4 rings (SSSR count). The maximum absolute atomic E-state index is 14.9. The Morgan fingerprint density at radius 1 is 1.08 bits per heavy atom. The minimum Gasteiger partial charge on any atom is -0.366 e. The van der Waals surface area contributed by atoms with Crippen LogP contribution >= 0.6 is 0 Å². The molecular weight excluding hydrogens is 460 g/mol. The number of nitrogens with zero attached hydrogens (tertiary/aromatic N) is 4. The number of amides is 1. The van der Waals surface area contributed by atoms with Crippen molar-refractivity contribution >= 4 is 11.6 Å². The van der Waals surface area contributed by atoms with Gasteiger partial charge in [0.15, 0.2) is 11.6 Å². The van der Waals surface area contributed by atoms with Crippen molar-refractivity contribution in [1.82, 2.24) is 9.55 Å². The van der Waals surface area contributed by atoms with Crippen LogP contribution in [0.2, 0.25) is 0 Å². The van der Waals surface area contributed by atoms with Crippen LogP contribution in [0.3, 0.4) is 0 Å². The molecule has 8 heteroatoms. The highest BCUT2D eigenvalue weighted by atomic mass is 19.2. The van der Waals surface area contributed by atoms with Crippen LogP contribution < -0.4 is 10.6 Å². The van der Waals surface area contributed by atoms with Gasteiger partial charge in [0.1, 0.15) is 6.07 Å².